The highest BCUT2D eigenvalue weighted by molar-refractivity contribution is 5.93. The minimum atomic E-state index is -0.340. The first-order chi connectivity index (χ1) is 16.6. The second kappa shape index (κ2) is 10.7. The van der Waals surface area contributed by atoms with Crippen LogP contribution in [0.4, 0.5) is 5.69 Å². The van der Waals surface area contributed by atoms with Crippen molar-refractivity contribution in [3.63, 3.8) is 0 Å². The van der Waals surface area contributed by atoms with Gasteiger partial charge >= 0.3 is 0 Å². The van der Waals surface area contributed by atoms with Gasteiger partial charge in [0.1, 0.15) is 23.0 Å². The lowest BCUT2D eigenvalue weighted by Gasteiger charge is -2.30. The monoisotopic (exact) mass is 462 g/mol. The third kappa shape index (κ3) is 5.47. The second-order valence-corrected chi connectivity index (χ2v) is 7.98. The summed E-state index contributed by atoms with van der Waals surface area (Å²) in [6.07, 6.45) is 3.54. The van der Waals surface area contributed by atoms with Crippen molar-refractivity contribution in [3.8, 4) is 23.5 Å². The number of carbonyl (C=O) groups is 1. The Bertz CT molecular complexity index is 1170. The quantitative estimate of drug-likeness (QED) is 0.507. The summed E-state index contributed by atoms with van der Waals surface area (Å²) in [5.74, 6) is 1.12. The highest BCUT2D eigenvalue weighted by atomic mass is 16.5. The maximum Gasteiger partial charge on any atom is 0.270 e. The normalized spacial score (nSPS) is 14.5. The highest BCUT2D eigenvalue weighted by Gasteiger charge is 2.23. The van der Waals surface area contributed by atoms with Crippen molar-refractivity contribution < 1.29 is 14.1 Å². The number of aromatic nitrogens is 4. The number of pyridine rings is 2. The molecule has 3 aromatic rings. The number of amides is 1. The molecule has 1 saturated heterocycles. The van der Waals surface area contributed by atoms with E-state index in [9.17, 15) is 10.1 Å². The lowest BCUT2D eigenvalue weighted by molar-refractivity contribution is 0.0927. The molecule has 1 fully saturated rings. The maximum atomic E-state index is 12.6. The first kappa shape index (κ1) is 23.1. The topological polar surface area (TPSA) is 156 Å². The lowest BCUT2D eigenvalue weighted by atomic mass is 9.96. The minimum absolute atomic E-state index is 0.0793. The standard InChI is InChI=1S/C23H26N8O3/c1-2-33-23-16(12-24)17(25)11-19(28-23)22(32)27-13-15-6-9-31(10-7-15)14-20-29-21(30-34-20)18-5-3-4-8-26-18/h3-5,8,11,15H,2,6-7,9-10,13-14H2,1H3,(H2,25,28)(H,27,32). The molecule has 0 bridgehead atoms. The van der Waals surface area contributed by atoms with E-state index >= 15 is 0 Å². The third-order valence-corrected chi connectivity index (χ3v) is 5.62. The molecule has 4 heterocycles. The van der Waals surface area contributed by atoms with Crippen molar-refractivity contribution in [2.24, 2.45) is 5.92 Å². The second-order valence-electron chi connectivity index (χ2n) is 7.98. The van der Waals surface area contributed by atoms with Crippen LogP contribution in [0.1, 0.15) is 41.7 Å². The van der Waals surface area contributed by atoms with Gasteiger partial charge in [-0.1, -0.05) is 11.2 Å². The number of hydrogen-bond donors (Lipinski definition) is 2. The number of nitrogen functional groups attached to an aromatic ring is 1. The van der Waals surface area contributed by atoms with Crippen LogP contribution in [0.3, 0.4) is 0 Å². The fraction of sp³-hybridized carbons (Fsp3) is 0.391. The van der Waals surface area contributed by atoms with Crippen molar-refractivity contribution in [3.05, 3.63) is 47.6 Å². The smallest absolute Gasteiger partial charge is 0.270 e. The van der Waals surface area contributed by atoms with Gasteiger partial charge in [0.15, 0.2) is 0 Å². The molecule has 3 N–H and O–H groups in total. The lowest BCUT2D eigenvalue weighted by Crippen LogP contribution is -2.38. The van der Waals surface area contributed by atoms with Crippen LogP contribution in [0, 0.1) is 17.2 Å². The summed E-state index contributed by atoms with van der Waals surface area (Å²) in [5.41, 5.74) is 7.03. The number of rotatable bonds is 8. The van der Waals surface area contributed by atoms with Gasteiger partial charge < -0.3 is 20.3 Å². The van der Waals surface area contributed by atoms with Crippen molar-refractivity contribution in [1.82, 2.24) is 30.3 Å². The van der Waals surface area contributed by atoms with Crippen molar-refractivity contribution in [1.29, 1.82) is 5.26 Å². The number of hydrogen-bond acceptors (Lipinski definition) is 10. The zero-order valence-corrected chi connectivity index (χ0v) is 18.9. The van der Waals surface area contributed by atoms with E-state index < -0.39 is 0 Å². The van der Waals surface area contributed by atoms with Gasteiger partial charge in [0.2, 0.25) is 17.6 Å². The van der Waals surface area contributed by atoms with Gasteiger partial charge in [0, 0.05) is 12.7 Å². The van der Waals surface area contributed by atoms with Gasteiger partial charge in [0.25, 0.3) is 5.91 Å². The average molecular weight is 463 g/mol. The van der Waals surface area contributed by atoms with E-state index in [-0.39, 0.29) is 28.7 Å². The summed E-state index contributed by atoms with van der Waals surface area (Å²) in [5, 5.41) is 16.2. The molecule has 11 heteroatoms. The molecule has 11 nitrogen and oxygen atoms in total. The maximum absolute atomic E-state index is 12.6. The molecule has 0 saturated carbocycles. The summed E-state index contributed by atoms with van der Waals surface area (Å²) < 4.78 is 10.7. The number of ether oxygens (including phenoxy) is 1. The zero-order valence-electron chi connectivity index (χ0n) is 18.9. The Kier molecular flexibility index (Phi) is 7.29. The van der Waals surface area contributed by atoms with Gasteiger partial charge in [-0.05, 0) is 57.0 Å². The first-order valence-electron chi connectivity index (χ1n) is 11.1. The number of carbonyl (C=O) groups excluding carboxylic acids is 1. The summed E-state index contributed by atoms with van der Waals surface area (Å²) in [7, 11) is 0. The van der Waals surface area contributed by atoms with E-state index in [1.165, 1.54) is 6.07 Å². The van der Waals surface area contributed by atoms with Crippen LogP contribution in [0.25, 0.3) is 11.5 Å². The molecule has 1 aliphatic heterocycles. The van der Waals surface area contributed by atoms with Crippen molar-refractivity contribution >= 4 is 11.6 Å². The first-order valence-corrected chi connectivity index (χ1v) is 11.1. The van der Waals surface area contributed by atoms with Crippen LogP contribution in [-0.2, 0) is 6.54 Å². The van der Waals surface area contributed by atoms with Gasteiger partial charge in [0.05, 0.1) is 18.8 Å². The number of nitrogens with two attached hydrogens (primary N) is 1. The SMILES string of the molecule is CCOc1nc(C(=O)NCC2CCN(Cc3nc(-c4ccccn4)no3)CC2)cc(N)c1C#N. The molecule has 0 aliphatic carbocycles. The Hall–Kier alpha value is -4.04. The number of nitrogens with zero attached hydrogens (tertiary/aromatic N) is 6. The Morgan fingerprint density at radius 3 is 2.88 bits per heavy atom. The van der Waals surface area contributed by atoms with Gasteiger partial charge in [-0.3, -0.25) is 14.7 Å². The van der Waals surface area contributed by atoms with E-state index in [2.05, 4.69) is 30.3 Å². The molecule has 176 valence electrons. The van der Waals surface area contributed by atoms with Crippen LogP contribution < -0.4 is 15.8 Å². The largest absolute Gasteiger partial charge is 0.477 e. The molecule has 1 aliphatic rings. The fourth-order valence-corrected chi connectivity index (χ4v) is 3.80. The molecule has 0 spiro atoms. The van der Waals surface area contributed by atoms with E-state index in [4.69, 9.17) is 15.0 Å². The van der Waals surface area contributed by atoms with E-state index in [1.54, 1.807) is 13.1 Å². The van der Waals surface area contributed by atoms with Crippen molar-refractivity contribution in [2.45, 2.75) is 26.3 Å². The summed E-state index contributed by atoms with van der Waals surface area (Å²) in [6.45, 7) is 4.92. The Morgan fingerprint density at radius 2 is 2.18 bits per heavy atom. The van der Waals surface area contributed by atoms with Crippen LogP contribution in [0.2, 0.25) is 0 Å². The minimum Gasteiger partial charge on any atom is -0.477 e. The fourth-order valence-electron chi connectivity index (χ4n) is 3.80. The highest BCUT2D eigenvalue weighted by Crippen LogP contribution is 2.23. The predicted molar refractivity (Wildman–Crippen MR) is 122 cm³/mol. The Morgan fingerprint density at radius 1 is 1.35 bits per heavy atom. The molecule has 0 aromatic carbocycles. The van der Waals surface area contributed by atoms with Crippen LogP contribution in [-0.4, -0.2) is 57.2 Å². The summed E-state index contributed by atoms with van der Waals surface area (Å²) in [4.78, 5) is 27.7. The van der Waals surface area contributed by atoms with Gasteiger partial charge in [-0.2, -0.15) is 10.2 Å². The number of anilines is 1. The Labute approximate surface area is 196 Å². The van der Waals surface area contributed by atoms with Gasteiger partial charge in [-0.15, -0.1) is 0 Å². The summed E-state index contributed by atoms with van der Waals surface area (Å²) >= 11 is 0. The molecule has 1 amide bonds. The van der Waals surface area contributed by atoms with E-state index in [0.29, 0.717) is 43.0 Å². The third-order valence-electron chi connectivity index (χ3n) is 5.62. The molecule has 0 unspecified atom stereocenters. The van der Waals surface area contributed by atoms with Crippen LogP contribution >= 0.6 is 0 Å². The molecule has 0 radical (unpaired) electrons. The van der Waals surface area contributed by atoms with Crippen molar-refractivity contribution in [2.75, 3.05) is 32.0 Å². The molecule has 3 aromatic heterocycles. The van der Waals surface area contributed by atoms with Crippen LogP contribution in [0.15, 0.2) is 35.0 Å². The number of likely N-dealkylation sites (tertiary alicyclic amines) is 1. The Balaban J connectivity index is 1.26. The number of nitriles is 1. The van der Waals surface area contributed by atoms with Gasteiger partial charge in [-0.25, -0.2) is 4.98 Å². The number of nitrogens with one attached hydrogen (secondary N) is 1. The van der Waals surface area contributed by atoms with E-state index in [0.717, 1.165) is 25.9 Å². The zero-order chi connectivity index (χ0) is 23.9. The summed E-state index contributed by atoms with van der Waals surface area (Å²) in [6, 6.07) is 8.93. The number of piperidine rings is 1. The average Bonchev–Trinajstić information content (AvgIpc) is 3.32. The molecular formula is C23H26N8O3. The predicted octanol–water partition coefficient (Wildman–Crippen LogP) is 2.02. The van der Waals surface area contributed by atoms with Crippen LogP contribution in [0.5, 0.6) is 5.88 Å². The molecule has 0 atom stereocenters. The molecule has 4 rings (SSSR count). The molecule has 34 heavy (non-hydrogen) atoms. The molecular weight excluding hydrogens is 436 g/mol. The van der Waals surface area contributed by atoms with E-state index in [1.807, 2.05) is 24.3 Å².